The van der Waals surface area contributed by atoms with Gasteiger partial charge in [0.05, 0.1) is 0 Å². The van der Waals surface area contributed by atoms with Crippen LogP contribution in [0, 0.1) is 53.4 Å². The van der Waals surface area contributed by atoms with E-state index in [2.05, 4.69) is 142 Å². The quantitative estimate of drug-likeness (QED) is 0.205. The number of hydrogen-bond donors (Lipinski definition) is 0. The molecule has 4 aromatic rings. The van der Waals surface area contributed by atoms with Gasteiger partial charge in [-0.2, -0.15) is 0 Å². The van der Waals surface area contributed by atoms with Crippen LogP contribution in [0.3, 0.4) is 0 Å². The summed E-state index contributed by atoms with van der Waals surface area (Å²) in [5.74, 6) is 1.10. The molecule has 1 aliphatic heterocycles. The molecule has 1 fully saturated rings. The van der Waals surface area contributed by atoms with E-state index in [0.29, 0.717) is 19.1 Å². The van der Waals surface area contributed by atoms with Crippen LogP contribution in [0.5, 0.6) is 0 Å². The van der Waals surface area contributed by atoms with E-state index < -0.39 is 20.3 Å². The molecule has 0 saturated carbocycles. The largest absolute Gasteiger partial charge is 1.00 e. The number of benzene rings is 4. The van der Waals surface area contributed by atoms with E-state index in [0.717, 1.165) is 0 Å². The zero-order valence-electron chi connectivity index (χ0n) is 29.9. The summed E-state index contributed by atoms with van der Waals surface area (Å²) in [6.07, 6.45) is 5.39. The normalized spacial score (nSPS) is 18.0. The van der Waals surface area contributed by atoms with Gasteiger partial charge >= 0.3 is 279 Å². The number of aryl methyl sites for hydroxylation is 6. The summed E-state index contributed by atoms with van der Waals surface area (Å²) >= 11 is -2.90. The van der Waals surface area contributed by atoms with Gasteiger partial charge in [0.15, 0.2) is 0 Å². The van der Waals surface area contributed by atoms with Gasteiger partial charge < -0.3 is 24.8 Å². The Balaban J connectivity index is 0.00000217. The van der Waals surface area contributed by atoms with Crippen LogP contribution in [0.1, 0.15) is 90.6 Å². The topological polar surface area (TPSA) is 0 Å². The minimum Gasteiger partial charge on any atom is -1.00 e. The number of halogens is 2. The van der Waals surface area contributed by atoms with Crippen molar-refractivity contribution in [2.24, 2.45) is 11.8 Å². The molecule has 0 bridgehead atoms. The molecule has 2 atom stereocenters. The minimum absolute atomic E-state index is 0. The van der Waals surface area contributed by atoms with Crippen LogP contribution in [0.25, 0.3) is 34.4 Å². The van der Waals surface area contributed by atoms with Crippen LogP contribution in [-0.2, 0) is 20.3 Å². The van der Waals surface area contributed by atoms with Crippen molar-refractivity contribution >= 4 is 12.2 Å². The molecule has 244 valence electrons. The first-order chi connectivity index (χ1) is 21.5. The van der Waals surface area contributed by atoms with Crippen LogP contribution in [0.2, 0.25) is 8.26 Å². The first-order valence-electron chi connectivity index (χ1n) is 17.3. The van der Waals surface area contributed by atoms with Crippen molar-refractivity contribution in [2.75, 3.05) is 0 Å². The van der Waals surface area contributed by atoms with Gasteiger partial charge in [-0.15, -0.1) is 0 Å². The van der Waals surface area contributed by atoms with E-state index in [9.17, 15) is 0 Å². The van der Waals surface area contributed by atoms with E-state index >= 15 is 0 Å². The first-order valence-corrected chi connectivity index (χ1v) is 23.6. The van der Waals surface area contributed by atoms with Gasteiger partial charge in [-0.1, -0.05) is 0 Å². The van der Waals surface area contributed by atoms with Crippen molar-refractivity contribution in [3.8, 4) is 22.3 Å². The third kappa shape index (κ3) is 5.62. The number of allylic oxidation sites excluding steroid dienone is 2. The van der Waals surface area contributed by atoms with Gasteiger partial charge in [-0.3, -0.25) is 0 Å². The summed E-state index contributed by atoms with van der Waals surface area (Å²) in [4.78, 5) is 0. The Kier molecular flexibility index (Phi) is 10.2. The molecule has 0 radical (unpaired) electrons. The molecule has 4 aromatic carbocycles. The number of rotatable bonds is 6. The van der Waals surface area contributed by atoms with Crippen molar-refractivity contribution in [1.29, 1.82) is 0 Å². The third-order valence-electron chi connectivity index (χ3n) is 11.6. The molecule has 0 N–H and O–H groups in total. The van der Waals surface area contributed by atoms with E-state index in [4.69, 9.17) is 0 Å². The van der Waals surface area contributed by atoms with Gasteiger partial charge in [0, 0.05) is 0 Å². The van der Waals surface area contributed by atoms with Crippen LogP contribution >= 0.6 is 0 Å². The van der Waals surface area contributed by atoms with E-state index in [-0.39, 0.29) is 24.8 Å². The summed E-state index contributed by atoms with van der Waals surface area (Å²) in [5, 5.41) is 0. The summed E-state index contributed by atoms with van der Waals surface area (Å²) in [5.41, 5.74) is 24.4. The predicted octanol–water partition coefficient (Wildman–Crippen LogP) is 6.77. The third-order valence-corrected chi connectivity index (χ3v) is 24.4. The second kappa shape index (κ2) is 13.3. The fourth-order valence-corrected chi connectivity index (χ4v) is 28.1. The first kappa shape index (κ1) is 36.1. The van der Waals surface area contributed by atoms with Crippen LogP contribution in [0.15, 0.2) is 71.8 Å². The van der Waals surface area contributed by atoms with Crippen molar-refractivity contribution < 1.29 is 45.1 Å². The maximum atomic E-state index is 2.69. The maximum Gasteiger partial charge on any atom is -1.00 e. The molecular weight excluding hydrogens is 691 g/mol. The molecule has 0 aromatic heterocycles. The van der Waals surface area contributed by atoms with Crippen LogP contribution in [0.4, 0.5) is 0 Å². The SMILES string of the molecule is Cc1ccccc1-c1c(C)cc(C)c2c1C=C(C(C)C)[CH]2[Zr+2]1([CH]2C(C(C)C)=Cc3c(-c4ccccc4C)c(C)cc(C)c32)[CH2][CH2]1.[Cl-].[Cl-]. The average molecular weight is 741 g/mol. The van der Waals surface area contributed by atoms with Gasteiger partial charge in [0.25, 0.3) is 0 Å². The maximum absolute atomic E-state index is 2.90. The molecule has 0 spiro atoms. The van der Waals surface area contributed by atoms with Crippen molar-refractivity contribution in [3.63, 3.8) is 0 Å². The van der Waals surface area contributed by atoms with E-state index in [1.165, 1.54) is 63.9 Å². The van der Waals surface area contributed by atoms with Crippen LogP contribution < -0.4 is 24.8 Å². The monoisotopic (exact) mass is 738 g/mol. The van der Waals surface area contributed by atoms with E-state index in [1.807, 2.05) is 0 Å². The smallest absolute Gasteiger partial charge is 1.00 e. The Morgan fingerprint density at radius 1 is 0.511 bits per heavy atom. The Morgan fingerprint density at radius 3 is 1.19 bits per heavy atom. The van der Waals surface area contributed by atoms with Crippen molar-refractivity contribution in [2.45, 2.75) is 84.7 Å². The molecule has 3 heteroatoms. The summed E-state index contributed by atoms with van der Waals surface area (Å²) in [6.45, 7) is 24.0. The Bertz CT molecular complexity index is 1800. The summed E-state index contributed by atoms with van der Waals surface area (Å²) in [7, 11) is 0. The molecule has 3 aliphatic rings. The molecule has 1 heterocycles. The number of fused-ring (bicyclic) bond motifs is 2. The summed E-state index contributed by atoms with van der Waals surface area (Å²) < 4.78 is 4.30. The second-order valence-electron chi connectivity index (χ2n) is 15.3. The fourth-order valence-electron chi connectivity index (χ4n) is 9.52. The van der Waals surface area contributed by atoms with Crippen molar-refractivity contribution in [3.05, 3.63) is 127 Å². The second-order valence-corrected chi connectivity index (χ2v) is 26.6. The zero-order chi connectivity index (χ0) is 31.9. The Morgan fingerprint density at radius 2 is 0.872 bits per heavy atom. The average Bonchev–Trinajstić information content (AvgIpc) is 3.49. The van der Waals surface area contributed by atoms with Gasteiger partial charge in [0.2, 0.25) is 0 Å². The molecule has 1 saturated heterocycles. The molecule has 7 rings (SSSR count). The molecule has 47 heavy (non-hydrogen) atoms. The standard InChI is InChI=1S/2C21H23.C2H4.2ClH.Zr/c2*1-13(2)17-11-19-15(4)10-16(5)21(20(19)12-17)18-9-7-6-8-14(18)3;1-2;;;/h2*6-13H,1-5H3;1-2H2;2*1H;/q;;;;;+2/p-2. The van der Waals surface area contributed by atoms with Crippen LogP contribution in [-0.4, -0.2) is 0 Å². The summed E-state index contributed by atoms with van der Waals surface area (Å²) in [6, 6.07) is 23.1. The molecule has 2 unspecified atom stereocenters. The zero-order valence-corrected chi connectivity index (χ0v) is 33.9. The van der Waals surface area contributed by atoms with E-state index in [1.54, 1.807) is 33.4 Å². The number of hydrogen-bond acceptors (Lipinski definition) is 0. The Hall–Kier alpha value is -2.18. The molecule has 0 amide bonds. The molecular formula is C44H50Cl2Zr. The molecule has 2 aliphatic carbocycles. The van der Waals surface area contributed by atoms with Crippen molar-refractivity contribution in [1.82, 2.24) is 0 Å². The Labute approximate surface area is 301 Å². The van der Waals surface area contributed by atoms with Gasteiger partial charge in [-0.25, -0.2) is 0 Å². The van der Waals surface area contributed by atoms with Gasteiger partial charge in [-0.05, 0) is 0 Å². The predicted molar refractivity (Wildman–Crippen MR) is 193 cm³/mol. The minimum atomic E-state index is -2.90. The molecule has 0 nitrogen and oxygen atoms in total. The van der Waals surface area contributed by atoms with Gasteiger partial charge in [0.1, 0.15) is 0 Å². The fraction of sp³-hybridized carbons (Fsp3) is 0.364.